The quantitative estimate of drug-likeness (QED) is 0.345. The Balaban J connectivity index is 1.21. The molecule has 2 aliphatic heterocycles. The van der Waals surface area contributed by atoms with Crippen LogP contribution in [0, 0.1) is 0 Å². The Hall–Kier alpha value is -3.50. The van der Waals surface area contributed by atoms with Crippen molar-refractivity contribution < 1.29 is 32.2 Å². The zero-order chi connectivity index (χ0) is 27.2. The summed E-state index contributed by atoms with van der Waals surface area (Å²) in [4.78, 5) is 32.5. The highest BCUT2D eigenvalue weighted by Crippen LogP contribution is 2.37. The number of nitrogens with zero attached hydrogens (tertiary/aromatic N) is 3. The van der Waals surface area contributed by atoms with Crippen LogP contribution in [0.2, 0.25) is 0 Å². The van der Waals surface area contributed by atoms with Crippen LogP contribution in [0.25, 0.3) is 22.0 Å². The lowest BCUT2D eigenvalue weighted by molar-refractivity contribution is -0.189. The van der Waals surface area contributed by atoms with Gasteiger partial charge in [-0.25, -0.2) is 4.79 Å². The first-order valence-electron chi connectivity index (χ1n) is 13.1. The van der Waals surface area contributed by atoms with Crippen molar-refractivity contribution in [1.82, 2.24) is 14.8 Å². The van der Waals surface area contributed by atoms with Gasteiger partial charge in [-0.05, 0) is 55.0 Å². The van der Waals surface area contributed by atoms with Crippen LogP contribution in [0.15, 0.2) is 54.7 Å². The van der Waals surface area contributed by atoms with Gasteiger partial charge in [0.15, 0.2) is 0 Å². The van der Waals surface area contributed by atoms with Crippen molar-refractivity contribution >= 4 is 22.8 Å². The molecule has 1 aromatic heterocycles. The third-order valence-electron chi connectivity index (χ3n) is 7.87. The molecule has 1 amide bonds. The van der Waals surface area contributed by atoms with Gasteiger partial charge < -0.3 is 14.4 Å². The van der Waals surface area contributed by atoms with Gasteiger partial charge in [0.2, 0.25) is 5.91 Å². The van der Waals surface area contributed by atoms with E-state index in [1.165, 1.54) is 6.07 Å². The monoisotopic (exact) mass is 539 g/mol. The fourth-order valence-electron chi connectivity index (χ4n) is 5.49. The van der Waals surface area contributed by atoms with Crippen LogP contribution in [0.1, 0.15) is 31.2 Å². The van der Waals surface area contributed by atoms with Gasteiger partial charge in [-0.3, -0.25) is 14.7 Å². The molecule has 0 unspecified atom stereocenters. The highest BCUT2D eigenvalue weighted by Gasteiger charge is 2.46. The lowest BCUT2D eigenvalue weighted by Gasteiger charge is -2.47. The fourth-order valence-corrected chi connectivity index (χ4v) is 5.49. The zero-order valence-corrected chi connectivity index (χ0v) is 21.2. The second-order valence-corrected chi connectivity index (χ2v) is 10.6. The molecule has 0 bridgehead atoms. The third kappa shape index (κ3) is 5.49. The first-order chi connectivity index (χ1) is 18.7. The predicted molar refractivity (Wildman–Crippen MR) is 137 cm³/mol. The first kappa shape index (κ1) is 25.8. The van der Waals surface area contributed by atoms with E-state index in [-0.39, 0.29) is 23.9 Å². The lowest BCUT2D eigenvalue weighted by Crippen LogP contribution is -2.59. The third-order valence-corrected chi connectivity index (χ3v) is 7.87. The van der Waals surface area contributed by atoms with Crippen molar-refractivity contribution in [1.29, 1.82) is 0 Å². The van der Waals surface area contributed by atoms with Crippen LogP contribution in [0.4, 0.5) is 13.2 Å². The Morgan fingerprint density at radius 2 is 1.82 bits per heavy atom. The summed E-state index contributed by atoms with van der Waals surface area (Å²) in [6, 6.07) is 14.7. The lowest BCUT2D eigenvalue weighted by atomic mass is 9.89. The van der Waals surface area contributed by atoms with Gasteiger partial charge >= 0.3 is 12.1 Å². The van der Waals surface area contributed by atoms with Crippen LogP contribution in [0.3, 0.4) is 0 Å². The van der Waals surface area contributed by atoms with Crippen molar-refractivity contribution in [2.45, 2.75) is 50.0 Å². The van der Waals surface area contributed by atoms with Crippen molar-refractivity contribution in [2.75, 3.05) is 26.2 Å². The molecule has 3 aromatic rings. The standard InChI is InChI=1S/C29H28F3N3O4/c30-29(31,32)27(37)39-25-15-21(20-4-3-19-2-1-11-33-24(19)14-20)5-6-22(25)16-34-12-9-28(10-13-34)18-35(23-7-8-23)26(36)17-38-28/h1-6,11,14-15,23H,7-10,12-13,16-18H2. The smallest absolute Gasteiger partial charge is 0.420 e. The minimum atomic E-state index is -5.11. The van der Waals surface area contributed by atoms with Gasteiger partial charge in [0.1, 0.15) is 12.4 Å². The molecule has 0 N–H and O–H groups in total. The summed E-state index contributed by atoms with van der Waals surface area (Å²) in [5, 5.41) is 0.941. The van der Waals surface area contributed by atoms with Crippen LogP contribution in [-0.4, -0.2) is 70.7 Å². The average Bonchev–Trinajstić information content (AvgIpc) is 3.77. The number of amides is 1. The number of rotatable bonds is 5. The predicted octanol–water partition coefficient (Wildman–Crippen LogP) is 4.73. The molecular weight excluding hydrogens is 511 g/mol. The van der Waals surface area contributed by atoms with Gasteiger partial charge in [0.05, 0.1) is 17.7 Å². The van der Waals surface area contributed by atoms with E-state index < -0.39 is 12.1 Å². The molecule has 1 spiro atoms. The number of hydrogen-bond acceptors (Lipinski definition) is 6. The number of pyridine rings is 1. The molecule has 2 aromatic carbocycles. The maximum atomic E-state index is 13.1. The Labute approximate surface area is 223 Å². The van der Waals surface area contributed by atoms with Crippen molar-refractivity contribution in [3.8, 4) is 16.9 Å². The highest BCUT2D eigenvalue weighted by molar-refractivity contribution is 5.85. The number of halogens is 3. The number of carbonyl (C=O) groups is 2. The molecule has 3 fully saturated rings. The number of benzene rings is 2. The molecule has 2 saturated heterocycles. The second-order valence-electron chi connectivity index (χ2n) is 10.6. The van der Waals surface area contributed by atoms with E-state index in [2.05, 4.69) is 9.88 Å². The number of piperidine rings is 1. The summed E-state index contributed by atoms with van der Waals surface area (Å²) >= 11 is 0. The maximum Gasteiger partial charge on any atom is 0.491 e. The normalized spacial score (nSPS) is 20.0. The molecule has 1 aliphatic carbocycles. The molecule has 7 nitrogen and oxygen atoms in total. The van der Waals surface area contributed by atoms with Crippen LogP contribution >= 0.6 is 0 Å². The first-order valence-corrected chi connectivity index (χ1v) is 13.1. The minimum Gasteiger partial charge on any atom is -0.420 e. The number of aromatic nitrogens is 1. The summed E-state index contributed by atoms with van der Waals surface area (Å²) in [5.41, 5.74) is 2.23. The van der Waals surface area contributed by atoms with Gasteiger partial charge in [0, 0.05) is 42.8 Å². The van der Waals surface area contributed by atoms with Crippen molar-refractivity contribution in [3.05, 3.63) is 60.3 Å². The van der Waals surface area contributed by atoms with Crippen molar-refractivity contribution in [3.63, 3.8) is 0 Å². The highest BCUT2D eigenvalue weighted by atomic mass is 19.4. The summed E-state index contributed by atoms with van der Waals surface area (Å²) in [6.45, 7) is 2.31. The van der Waals surface area contributed by atoms with Crippen LogP contribution < -0.4 is 4.74 Å². The molecule has 6 rings (SSSR count). The number of ether oxygens (including phenoxy) is 2. The number of fused-ring (bicyclic) bond motifs is 1. The van der Waals surface area contributed by atoms with Crippen LogP contribution in [0.5, 0.6) is 5.75 Å². The Morgan fingerprint density at radius 1 is 1.08 bits per heavy atom. The Kier molecular flexibility index (Phi) is 6.55. The van der Waals surface area contributed by atoms with E-state index in [1.54, 1.807) is 12.3 Å². The maximum absolute atomic E-state index is 13.1. The zero-order valence-electron chi connectivity index (χ0n) is 21.2. The van der Waals surface area contributed by atoms with E-state index in [0.717, 1.165) is 29.3 Å². The molecule has 3 aliphatic rings. The second kappa shape index (κ2) is 9.91. The largest absolute Gasteiger partial charge is 0.491 e. The summed E-state index contributed by atoms with van der Waals surface area (Å²) in [7, 11) is 0. The number of morpholine rings is 1. The Morgan fingerprint density at radius 3 is 2.56 bits per heavy atom. The molecule has 39 heavy (non-hydrogen) atoms. The van der Waals surface area contributed by atoms with Gasteiger partial charge in [-0.2, -0.15) is 13.2 Å². The van der Waals surface area contributed by atoms with Gasteiger partial charge in [-0.15, -0.1) is 0 Å². The molecule has 0 radical (unpaired) electrons. The number of hydrogen-bond donors (Lipinski definition) is 0. The van der Waals surface area contributed by atoms with Gasteiger partial charge in [-0.1, -0.05) is 30.3 Å². The topological polar surface area (TPSA) is 72.0 Å². The fraction of sp³-hybridized carbons (Fsp3) is 0.414. The van der Waals surface area contributed by atoms with Crippen LogP contribution in [-0.2, 0) is 20.9 Å². The van der Waals surface area contributed by atoms with E-state index >= 15 is 0 Å². The van der Waals surface area contributed by atoms with Crippen molar-refractivity contribution in [2.24, 2.45) is 0 Å². The summed E-state index contributed by atoms with van der Waals surface area (Å²) < 4.78 is 50.2. The molecular formula is C29H28F3N3O4. The number of esters is 1. The summed E-state index contributed by atoms with van der Waals surface area (Å²) in [6.07, 6.45) is 0.0693. The average molecular weight is 540 g/mol. The molecule has 3 heterocycles. The SMILES string of the molecule is O=C1COC2(CCN(Cc3ccc(-c4ccc5cccnc5c4)cc3OC(=O)C(F)(F)F)CC2)CN1C1CC1. The Bertz CT molecular complexity index is 1410. The molecule has 10 heteroatoms. The number of likely N-dealkylation sites (tertiary alicyclic amines) is 1. The van der Waals surface area contributed by atoms with E-state index in [4.69, 9.17) is 9.47 Å². The van der Waals surface area contributed by atoms with E-state index in [0.29, 0.717) is 56.2 Å². The minimum absolute atomic E-state index is 0.0453. The molecule has 0 atom stereocenters. The number of carbonyl (C=O) groups excluding carboxylic acids is 2. The molecule has 204 valence electrons. The molecule has 1 saturated carbocycles. The number of alkyl halides is 3. The van der Waals surface area contributed by atoms with Gasteiger partial charge in [0.25, 0.3) is 0 Å². The van der Waals surface area contributed by atoms with E-state index in [1.807, 2.05) is 41.3 Å². The van der Waals surface area contributed by atoms with E-state index in [9.17, 15) is 22.8 Å². The summed E-state index contributed by atoms with van der Waals surface area (Å²) in [5.74, 6) is -2.32.